The molecule has 0 fully saturated rings. The van der Waals surface area contributed by atoms with Crippen molar-refractivity contribution in [1.82, 2.24) is 0 Å². The van der Waals surface area contributed by atoms with Crippen LogP contribution < -0.4 is 4.74 Å². The molecule has 0 saturated heterocycles. The Morgan fingerprint density at radius 3 is 2.58 bits per heavy atom. The molecule has 0 spiro atoms. The molecule has 3 heteroatoms. The highest BCUT2D eigenvalue weighted by Gasteiger charge is 2.05. The molecule has 0 heterocycles. The molecule has 0 bridgehead atoms. The summed E-state index contributed by atoms with van der Waals surface area (Å²) in [6, 6.07) is 5.72. The number of hydrogen-bond acceptors (Lipinski definition) is 2. The van der Waals surface area contributed by atoms with Gasteiger partial charge in [0.05, 0.1) is 13.7 Å². The van der Waals surface area contributed by atoms with Gasteiger partial charge in [-0.15, -0.1) is 0 Å². The highest BCUT2D eigenvalue weighted by molar-refractivity contribution is 9.08. The van der Waals surface area contributed by atoms with Gasteiger partial charge in [-0.1, -0.05) is 34.1 Å². The minimum Gasteiger partial charge on any atom is -0.496 e. The summed E-state index contributed by atoms with van der Waals surface area (Å²) in [4.78, 5) is 0. The van der Waals surface area contributed by atoms with Crippen LogP contribution in [0.2, 0.25) is 0 Å². The van der Waals surface area contributed by atoms with E-state index in [2.05, 4.69) is 15.9 Å². The Bertz CT molecular complexity index is 238. The molecule has 1 N–H and O–H groups in total. The average Bonchev–Trinajstić information content (AvgIpc) is 2.16. The highest BCUT2D eigenvalue weighted by atomic mass is 79.9. The van der Waals surface area contributed by atoms with Gasteiger partial charge in [0.1, 0.15) is 5.75 Å². The molecule has 66 valence electrons. The molecular weight excluding hydrogens is 220 g/mol. The molecule has 0 unspecified atom stereocenters. The Balaban J connectivity index is 3.13. The van der Waals surface area contributed by atoms with Gasteiger partial charge in [-0.05, 0) is 0 Å². The minimum absolute atomic E-state index is 0.0179. The quantitative estimate of drug-likeness (QED) is 0.807. The number of aliphatic hydroxyl groups is 1. The highest BCUT2D eigenvalue weighted by Crippen LogP contribution is 2.25. The second-order valence-corrected chi connectivity index (χ2v) is 2.96. The zero-order chi connectivity index (χ0) is 8.97. The van der Waals surface area contributed by atoms with Crippen LogP contribution in [0.1, 0.15) is 11.1 Å². The van der Waals surface area contributed by atoms with E-state index >= 15 is 0 Å². The third kappa shape index (κ3) is 1.79. The molecule has 0 aliphatic rings. The lowest BCUT2D eigenvalue weighted by molar-refractivity contribution is 0.273. The van der Waals surface area contributed by atoms with E-state index in [-0.39, 0.29) is 6.61 Å². The van der Waals surface area contributed by atoms with Crippen molar-refractivity contribution < 1.29 is 9.84 Å². The molecule has 12 heavy (non-hydrogen) atoms. The maximum absolute atomic E-state index is 8.97. The summed E-state index contributed by atoms with van der Waals surface area (Å²) in [7, 11) is 1.61. The Morgan fingerprint density at radius 1 is 1.42 bits per heavy atom. The van der Waals surface area contributed by atoms with E-state index in [4.69, 9.17) is 9.84 Å². The molecule has 2 nitrogen and oxygen atoms in total. The number of ether oxygens (including phenoxy) is 1. The topological polar surface area (TPSA) is 29.5 Å². The van der Waals surface area contributed by atoms with Gasteiger partial charge in [0.15, 0.2) is 0 Å². The maximum Gasteiger partial charge on any atom is 0.128 e. The summed E-state index contributed by atoms with van der Waals surface area (Å²) in [6.07, 6.45) is 0. The van der Waals surface area contributed by atoms with Gasteiger partial charge < -0.3 is 9.84 Å². The number of benzene rings is 1. The second-order valence-electron chi connectivity index (χ2n) is 2.40. The van der Waals surface area contributed by atoms with Gasteiger partial charge in [-0.2, -0.15) is 0 Å². The Hall–Kier alpha value is -0.540. The van der Waals surface area contributed by atoms with Crippen LogP contribution in [-0.2, 0) is 11.9 Å². The van der Waals surface area contributed by atoms with Crippen LogP contribution in [0.5, 0.6) is 5.75 Å². The van der Waals surface area contributed by atoms with Gasteiger partial charge in [0.25, 0.3) is 0 Å². The number of hydrogen-bond donors (Lipinski definition) is 1. The van der Waals surface area contributed by atoms with Crippen molar-refractivity contribution in [3.8, 4) is 5.75 Å². The Kier molecular flexibility index (Phi) is 3.56. The fraction of sp³-hybridized carbons (Fsp3) is 0.333. The van der Waals surface area contributed by atoms with Gasteiger partial charge in [-0.3, -0.25) is 0 Å². The van der Waals surface area contributed by atoms with Crippen molar-refractivity contribution in [2.45, 2.75) is 11.9 Å². The Morgan fingerprint density at radius 2 is 2.08 bits per heavy atom. The van der Waals surface area contributed by atoms with Crippen molar-refractivity contribution in [3.05, 3.63) is 29.3 Å². The fourth-order valence-corrected chi connectivity index (χ4v) is 1.57. The van der Waals surface area contributed by atoms with Crippen LogP contribution in [0.25, 0.3) is 0 Å². The fourth-order valence-electron chi connectivity index (χ4n) is 1.13. The largest absolute Gasteiger partial charge is 0.496 e. The maximum atomic E-state index is 8.97. The first-order chi connectivity index (χ1) is 5.83. The molecule has 0 aromatic heterocycles. The van der Waals surface area contributed by atoms with E-state index in [1.807, 2.05) is 18.2 Å². The lowest BCUT2D eigenvalue weighted by Crippen LogP contribution is -1.95. The molecule has 0 aliphatic carbocycles. The smallest absolute Gasteiger partial charge is 0.128 e. The van der Waals surface area contributed by atoms with E-state index in [9.17, 15) is 0 Å². The van der Waals surface area contributed by atoms with E-state index < -0.39 is 0 Å². The van der Waals surface area contributed by atoms with Crippen molar-refractivity contribution in [1.29, 1.82) is 0 Å². The molecule has 0 atom stereocenters. The zero-order valence-corrected chi connectivity index (χ0v) is 8.47. The third-order valence-electron chi connectivity index (χ3n) is 1.70. The van der Waals surface area contributed by atoms with Crippen LogP contribution >= 0.6 is 15.9 Å². The molecule has 0 radical (unpaired) electrons. The van der Waals surface area contributed by atoms with Gasteiger partial charge in [-0.25, -0.2) is 0 Å². The molecule has 0 amide bonds. The average molecular weight is 231 g/mol. The number of para-hydroxylation sites is 1. The predicted octanol–water partition coefficient (Wildman–Crippen LogP) is 2.08. The van der Waals surface area contributed by atoms with Crippen LogP contribution in [0.3, 0.4) is 0 Å². The van der Waals surface area contributed by atoms with Crippen molar-refractivity contribution >= 4 is 15.9 Å². The summed E-state index contributed by atoms with van der Waals surface area (Å²) in [5, 5.41) is 9.71. The summed E-state index contributed by atoms with van der Waals surface area (Å²) in [5.74, 6) is 0.775. The summed E-state index contributed by atoms with van der Waals surface area (Å²) in [6.45, 7) is 0.0179. The SMILES string of the molecule is COc1c(CO)cccc1CBr. The first kappa shape index (κ1) is 9.55. The molecule has 0 saturated carbocycles. The van der Waals surface area contributed by atoms with E-state index in [1.54, 1.807) is 7.11 Å². The minimum atomic E-state index is 0.0179. The van der Waals surface area contributed by atoms with Crippen molar-refractivity contribution in [2.75, 3.05) is 7.11 Å². The summed E-state index contributed by atoms with van der Waals surface area (Å²) < 4.78 is 5.17. The second kappa shape index (κ2) is 4.48. The van der Waals surface area contributed by atoms with Crippen molar-refractivity contribution in [2.24, 2.45) is 0 Å². The van der Waals surface area contributed by atoms with E-state index in [1.165, 1.54) is 0 Å². The van der Waals surface area contributed by atoms with Crippen LogP contribution in [0.15, 0.2) is 18.2 Å². The van der Waals surface area contributed by atoms with Gasteiger partial charge in [0.2, 0.25) is 0 Å². The van der Waals surface area contributed by atoms with Gasteiger partial charge >= 0.3 is 0 Å². The Labute approximate surface area is 80.3 Å². The number of alkyl halides is 1. The zero-order valence-electron chi connectivity index (χ0n) is 6.88. The van der Waals surface area contributed by atoms with Crippen LogP contribution in [-0.4, -0.2) is 12.2 Å². The lowest BCUT2D eigenvalue weighted by atomic mass is 10.1. The molecule has 0 aliphatic heterocycles. The van der Waals surface area contributed by atoms with Gasteiger partial charge in [0, 0.05) is 16.5 Å². The number of halogens is 1. The normalized spacial score (nSPS) is 9.92. The van der Waals surface area contributed by atoms with E-state index in [0.29, 0.717) is 0 Å². The summed E-state index contributed by atoms with van der Waals surface area (Å²) in [5.41, 5.74) is 1.89. The van der Waals surface area contributed by atoms with E-state index in [0.717, 1.165) is 22.2 Å². The monoisotopic (exact) mass is 230 g/mol. The predicted molar refractivity (Wildman–Crippen MR) is 51.5 cm³/mol. The first-order valence-corrected chi connectivity index (χ1v) is 4.77. The van der Waals surface area contributed by atoms with Crippen LogP contribution in [0, 0.1) is 0 Å². The summed E-state index contributed by atoms with van der Waals surface area (Å²) >= 11 is 3.35. The third-order valence-corrected chi connectivity index (χ3v) is 2.30. The molecule has 1 rings (SSSR count). The van der Waals surface area contributed by atoms with Crippen molar-refractivity contribution in [3.63, 3.8) is 0 Å². The molecule has 1 aromatic rings. The molecule has 1 aromatic carbocycles. The number of methoxy groups -OCH3 is 1. The number of rotatable bonds is 3. The van der Waals surface area contributed by atoms with Crippen LogP contribution in [0.4, 0.5) is 0 Å². The molecular formula is C9H11BrO2. The lowest BCUT2D eigenvalue weighted by Gasteiger charge is -2.09. The standard InChI is InChI=1S/C9H11BrO2/c1-12-9-7(5-10)3-2-4-8(9)6-11/h2-4,11H,5-6H2,1H3. The number of aliphatic hydroxyl groups excluding tert-OH is 1. The first-order valence-electron chi connectivity index (χ1n) is 3.65.